The van der Waals surface area contributed by atoms with Gasteiger partial charge in [-0.15, -0.1) is 0 Å². The summed E-state index contributed by atoms with van der Waals surface area (Å²) in [5.41, 5.74) is -0.918. The first-order chi connectivity index (χ1) is 16.2. The van der Waals surface area contributed by atoms with Gasteiger partial charge in [0.15, 0.2) is 0 Å². The van der Waals surface area contributed by atoms with Crippen LogP contribution >= 0.6 is 0 Å². The average Bonchev–Trinajstić information content (AvgIpc) is 3.06. The van der Waals surface area contributed by atoms with Crippen LogP contribution in [0.25, 0.3) is 0 Å². The molecule has 4 fully saturated rings. The number of alkyl carbamates (subject to hydrolysis) is 1. The van der Waals surface area contributed by atoms with Crippen LogP contribution in [0.15, 0.2) is 0 Å². The Morgan fingerprint density at radius 2 is 1.80 bits per heavy atom. The molecule has 0 saturated heterocycles. The second-order valence-electron chi connectivity index (χ2n) is 13.1. The number of fused-ring (bicyclic) bond motifs is 5. The van der Waals surface area contributed by atoms with Gasteiger partial charge in [-0.25, -0.2) is 4.79 Å². The number of amides is 1. The van der Waals surface area contributed by atoms with Crippen LogP contribution < -0.4 is 5.32 Å². The Morgan fingerprint density at radius 1 is 1.09 bits per heavy atom. The Morgan fingerprint density at radius 3 is 2.49 bits per heavy atom. The number of ketones is 2. The third-order valence-electron chi connectivity index (χ3n) is 9.75. The minimum atomic E-state index is -0.599. The van der Waals surface area contributed by atoms with Crippen molar-refractivity contribution in [1.82, 2.24) is 5.32 Å². The molecule has 35 heavy (non-hydrogen) atoms. The number of carbonyl (C=O) groups is 4. The van der Waals surface area contributed by atoms with Gasteiger partial charge in [0.05, 0.1) is 5.92 Å². The molecule has 4 aliphatic carbocycles. The van der Waals surface area contributed by atoms with Gasteiger partial charge < -0.3 is 14.8 Å². The van der Waals surface area contributed by atoms with Gasteiger partial charge in [-0.2, -0.15) is 0 Å². The number of ether oxygens (including phenoxy) is 2. The van der Waals surface area contributed by atoms with Crippen molar-refractivity contribution in [1.29, 1.82) is 0 Å². The maximum atomic E-state index is 13.4. The molecule has 0 aliphatic heterocycles. The van der Waals surface area contributed by atoms with E-state index >= 15 is 0 Å². The van der Waals surface area contributed by atoms with Crippen molar-refractivity contribution in [3.05, 3.63) is 0 Å². The van der Waals surface area contributed by atoms with E-state index in [-0.39, 0.29) is 41.1 Å². The number of hydrogen-bond acceptors (Lipinski definition) is 6. The van der Waals surface area contributed by atoms with E-state index in [9.17, 15) is 19.2 Å². The van der Waals surface area contributed by atoms with Crippen molar-refractivity contribution >= 4 is 23.6 Å². The summed E-state index contributed by atoms with van der Waals surface area (Å²) in [7, 11) is 0. The van der Waals surface area contributed by atoms with E-state index in [2.05, 4.69) is 19.2 Å². The topological polar surface area (TPSA) is 98.8 Å². The van der Waals surface area contributed by atoms with Crippen LogP contribution in [0.3, 0.4) is 0 Å². The van der Waals surface area contributed by atoms with Crippen LogP contribution in [0.5, 0.6) is 0 Å². The average molecular weight is 490 g/mol. The highest BCUT2D eigenvalue weighted by molar-refractivity contribution is 5.88. The molecule has 0 heterocycles. The largest absolute Gasteiger partial charge is 0.462 e. The second kappa shape index (κ2) is 9.19. The lowest BCUT2D eigenvalue weighted by Gasteiger charge is -2.59. The smallest absolute Gasteiger partial charge is 0.407 e. The summed E-state index contributed by atoms with van der Waals surface area (Å²) in [6.07, 6.45) is 5.49. The predicted molar refractivity (Wildman–Crippen MR) is 130 cm³/mol. The van der Waals surface area contributed by atoms with Gasteiger partial charge in [0, 0.05) is 30.7 Å². The summed E-state index contributed by atoms with van der Waals surface area (Å²) in [5.74, 6) is 0.849. The van der Waals surface area contributed by atoms with E-state index in [0.717, 1.165) is 32.1 Å². The fraction of sp³-hybridized carbons (Fsp3) is 0.857. The van der Waals surface area contributed by atoms with E-state index < -0.39 is 17.6 Å². The fourth-order valence-electron chi connectivity index (χ4n) is 7.80. The van der Waals surface area contributed by atoms with Crippen molar-refractivity contribution in [3.63, 3.8) is 0 Å². The van der Waals surface area contributed by atoms with Crippen LogP contribution in [0.4, 0.5) is 4.79 Å². The lowest BCUT2D eigenvalue weighted by Crippen LogP contribution is -2.57. The zero-order valence-electron chi connectivity index (χ0n) is 22.3. The molecule has 0 bridgehead atoms. The Kier molecular flexibility index (Phi) is 6.86. The lowest BCUT2D eigenvalue weighted by molar-refractivity contribution is -0.171. The van der Waals surface area contributed by atoms with Crippen molar-refractivity contribution in [2.75, 3.05) is 6.54 Å². The molecule has 1 N–H and O–H groups in total. The van der Waals surface area contributed by atoms with Gasteiger partial charge in [0.2, 0.25) is 0 Å². The number of nitrogens with one attached hydrogen (secondary N) is 1. The van der Waals surface area contributed by atoms with E-state index in [4.69, 9.17) is 9.47 Å². The molecule has 0 spiro atoms. The molecule has 4 aliphatic rings. The summed E-state index contributed by atoms with van der Waals surface area (Å²) in [5, 5.41) is 2.63. The normalized spacial score (nSPS) is 39.7. The Labute approximate surface area is 209 Å². The van der Waals surface area contributed by atoms with E-state index in [1.807, 2.05) is 0 Å². The minimum absolute atomic E-state index is 0.0836. The quantitative estimate of drug-likeness (QED) is 0.567. The minimum Gasteiger partial charge on any atom is -0.462 e. The second-order valence-corrected chi connectivity index (χ2v) is 13.1. The molecule has 2 unspecified atom stereocenters. The highest BCUT2D eigenvalue weighted by Gasteiger charge is 2.62. The fourth-order valence-corrected chi connectivity index (χ4v) is 7.80. The molecule has 0 aromatic heterocycles. The summed E-state index contributed by atoms with van der Waals surface area (Å²) in [6, 6.07) is 0. The first-order valence-corrected chi connectivity index (χ1v) is 13.5. The van der Waals surface area contributed by atoms with Gasteiger partial charge in [-0.3, -0.25) is 14.4 Å². The number of Topliss-reactive ketones (excluding diaryl/α,β-unsaturated/α-hetero) is 2. The maximum Gasteiger partial charge on any atom is 0.407 e. The predicted octanol–water partition coefficient (Wildman–Crippen LogP) is 4.85. The van der Waals surface area contributed by atoms with Crippen molar-refractivity contribution in [2.24, 2.45) is 40.4 Å². The number of carbonyl (C=O) groups excluding carboxylic acids is 4. The first kappa shape index (κ1) is 26.2. The molecule has 7 nitrogen and oxygen atoms in total. The molecule has 1 amide bonds. The highest BCUT2D eigenvalue weighted by atomic mass is 16.6. The highest BCUT2D eigenvalue weighted by Crippen LogP contribution is 2.64. The van der Waals surface area contributed by atoms with Gasteiger partial charge in [0.25, 0.3) is 0 Å². The van der Waals surface area contributed by atoms with E-state index in [1.54, 1.807) is 27.7 Å². The van der Waals surface area contributed by atoms with Crippen LogP contribution in [0, 0.1) is 40.4 Å². The SMILES string of the molecule is CC(CNC(=O)OC(C)(C)C)C(=O)O[C@H]1CC[C@@]2(C)C(C1)C(=O)C[C@@H]1[C@@H]2CC[C@]2(C)C(=O)CC[C@@H]12. The Hall–Kier alpha value is -1.92. The van der Waals surface area contributed by atoms with Gasteiger partial charge in [-0.1, -0.05) is 20.8 Å². The molecule has 0 aromatic rings. The Bertz CT molecular complexity index is 892. The van der Waals surface area contributed by atoms with Gasteiger partial charge in [-0.05, 0) is 82.5 Å². The summed E-state index contributed by atoms with van der Waals surface area (Å²) in [4.78, 5) is 50.7. The number of esters is 1. The third kappa shape index (κ3) is 4.89. The van der Waals surface area contributed by atoms with Crippen molar-refractivity contribution in [2.45, 2.75) is 105 Å². The van der Waals surface area contributed by atoms with Gasteiger partial charge >= 0.3 is 12.1 Å². The molecule has 4 saturated carbocycles. The number of rotatable bonds is 4. The molecular weight excluding hydrogens is 446 g/mol. The van der Waals surface area contributed by atoms with Crippen LogP contribution in [-0.4, -0.2) is 41.9 Å². The molecule has 0 radical (unpaired) electrons. The van der Waals surface area contributed by atoms with Crippen LogP contribution in [0.2, 0.25) is 0 Å². The monoisotopic (exact) mass is 489 g/mol. The number of hydrogen-bond donors (Lipinski definition) is 1. The third-order valence-corrected chi connectivity index (χ3v) is 9.75. The van der Waals surface area contributed by atoms with E-state index in [0.29, 0.717) is 42.8 Å². The van der Waals surface area contributed by atoms with Crippen molar-refractivity contribution < 1.29 is 28.7 Å². The summed E-state index contributed by atoms with van der Waals surface area (Å²) < 4.78 is 11.1. The molecule has 7 heteroatoms. The first-order valence-electron chi connectivity index (χ1n) is 13.5. The zero-order valence-corrected chi connectivity index (χ0v) is 22.3. The maximum absolute atomic E-state index is 13.4. The van der Waals surface area contributed by atoms with Crippen LogP contribution in [-0.2, 0) is 23.9 Å². The van der Waals surface area contributed by atoms with Crippen LogP contribution in [0.1, 0.15) is 92.9 Å². The molecule has 4 rings (SSSR count). The molecule has 8 atom stereocenters. The molecular formula is C28H43NO6. The van der Waals surface area contributed by atoms with Crippen molar-refractivity contribution in [3.8, 4) is 0 Å². The lowest BCUT2D eigenvalue weighted by atomic mass is 9.45. The standard InChI is InChI=1S/C28H43NO6/c1-16(15-29-25(33)35-26(2,3)4)24(32)34-17-9-11-27(5)20-10-12-28(6)19(7-8-23(28)31)18(20)14-22(30)21(27)13-17/h16-21H,7-15H2,1-6H3,(H,29,33)/t16?,17-,18-,19-,20-,21?,27+,28-/m0/s1. The summed E-state index contributed by atoms with van der Waals surface area (Å²) >= 11 is 0. The Balaban J connectivity index is 1.35. The van der Waals surface area contributed by atoms with Gasteiger partial charge in [0.1, 0.15) is 23.3 Å². The van der Waals surface area contributed by atoms with E-state index in [1.165, 1.54) is 0 Å². The molecule has 0 aromatic carbocycles. The molecule has 196 valence electrons. The summed E-state index contributed by atoms with van der Waals surface area (Å²) in [6.45, 7) is 11.6. The zero-order chi connectivity index (χ0) is 25.8.